The highest BCUT2D eigenvalue weighted by molar-refractivity contribution is 5.66. The Labute approximate surface area is 140 Å². The first-order valence-electron chi connectivity index (χ1n) is 9.03. The van der Waals surface area contributed by atoms with Crippen LogP contribution in [-0.2, 0) is 11.2 Å². The van der Waals surface area contributed by atoms with E-state index in [9.17, 15) is 4.79 Å². The summed E-state index contributed by atoms with van der Waals surface area (Å²) >= 11 is 0. The summed E-state index contributed by atoms with van der Waals surface area (Å²) in [4.78, 5) is 10.4. The van der Waals surface area contributed by atoms with Crippen molar-refractivity contribution in [3.05, 3.63) is 28.7 Å². The van der Waals surface area contributed by atoms with E-state index in [0.29, 0.717) is 6.42 Å². The number of carboxylic acid groups (broad SMARTS) is 1. The lowest BCUT2D eigenvalue weighted by Crippen LogP contribution is -1.93. The minimum absolute atomic E-state index is 0.310. The van der Waals surface area contributed by atoms with Crippen LogP contribution in [0.5, 0.6) is 0 Å². The highest BCUT2D eigenvalue weighted by Crippen LogP contribution is 2.24. The van der Waals surface area contributed by atoms with Crippen LogP contribution in [-0.4, -0.2) is 11.1 Å². The minimum Gasteiger partial charge on any atom is -0.481 e. The molecule has 0 fully saturated rings. The molecule has 0 aliphatic heterocycles. The van der Waals surface area contributed by atoms with Gasteiger partial charge < -0.3 is 9.52 Å². The van der Waals surface area contributed by atoms with Gasteiger partial charge in [0.1, 0.15) is 11.5 Å². The third-order valence-electron chi connectivity index (χ3n) is 4.34. The maximum absolute atomic E-state index is 10.4. The largest absolute Gasteiger partial charge is 0.481 e. The molecule has 1 heterocycles. The second kappa shape index (κ2) is 11.1. The van der Waals surface area contributed by atoms with Crippen molar-refractivity contribution in [3.63, 3.8) is 0 Å². The van der Waals surface area contributed by atoms with Crippen molar-refractivity contribution >= 4 is 12.0 Å². The summed E-state index contributed by atoms with van der Waals surface area (Å²) in [6, 6.07) is 0. The van der Waals surface area contributed by atoms with Gasteiger partial charge in [-0.05, 0) is 56.7 Å². The van der Waals surface area contributed by atoms with Crippen molar-refractivity contribution in [2.75, 3.05) is 0 Å². The predicted octanol–water partition coefficient (Wildman–Crippen LogP) is 6.07. The fraction of sp³-hybridized carbons (Fsp3) is 0.650. The molecule has 0 aliphatic rings. The van der Waals surface area contributed by atoms with Crippen LogP contribution in [0.25, 0.3) is 6.08 Å². The summed E-state index contributed by atoms with van der Waals surface area (Å²) in [7, 11) is 0. The van der Waals surface area contributed by atoms with E-state index in [1.807, 2.05) is 0 Å². The molecular weight excluding hydrogens is 288 g/mol. The Morgan fingerprint density at radius 2 is 1.70 bits per heavy atom. The smallest absolute Gasteiger partial charge is 0.303 e. The molecule has 0 radical (unpaired) electrons. The lowest BCUT2D eigenvalue weighted by atomic mass is 10.1. The summed E-state index contributed by atoms with van der Waals surface area (Å²) in [5.41, 5.74) is 2.57. The zero-order valence-electron chi connectivity index (χ0n) is 15.0. The molecule has 0 saturated heterocycles. The predicted molar refractivity (Wildman–Crippen MR) is 95.8 cm³/mol. The molecule has 1 rings (SSSR count). The number of hydrogen-bond donors (Lipinski definition) is 1. The van der Waals surface area contributed by atoms with Crippen LogP contribution in [0.1, 0.15) is 87.4 Å². The molecule has 23 heavy (non-hydrogen) atoms. The summed E-state index contributed by atoms with van der Waals surface area (Å²) in [6.07, 6.45) is 14.5. The molecule has 130 valence electrons. The zero-order chi connectivity index (χ0) is 17.1. The zero-order valence-corrected chi connectivity index (χ0v) is 15.0. The quantitative estimate of drug-likeness (QED) is 0.476. The number of aryl methyl sites for hydroxylation is 1. The van der Waals surface area contributed by atoms with Crippen LogP contribution in [0.2, 0.25) is 0 Å². The number of furan rings is 1. The Morgan fingerprint density at radius 1 is 1.04 bits per heavy atom. The van der Waals surface area contributed by atoms with Gasteiger partial charge in [-0.3, -0.25) is 4.79 Å². The Morgan fingerprint density at radius 3 is 2.35 bits per heavy atom. The van der Waals surface area contributed by atoms with Crippen LogP contribution in [0.4, 0.5) is 0 Å². The summed E-state index contributed by atoms with van der Waals surface area (Å²) in [5.74, 6) is 1.46. The second-order valence-electron chi connectivity index (χ2n) is 6.35. The third kappa shape index (κ3) is 7.54. The molecule has 1 aromatic heterocycles. The van der Waals surface area contributed by atoms with Gasteiger partial charge >= 0.3 is 5.97 Å². The second-order valence-corrected chi connectivity index (χ2v) is 6.35. The number of aliphatic carboxylic acids is 1. The van der Waals surface area contributed by atoms with E-state index in [1.165, 1.54) is 30.4 Å². The fourth-order valence-electron chi connectivity index (χ4n) is 2.74. The van der Waals surface area contributed by atoms with E-state index in [4.69, 9.17) is 9.52 Å². The van der Waals surface area contributed by atoms with E-state index >= 15 is 0 Å². The van der Waals surface area contributed by atoms with Gasteiger partial charge in [-0.2, -0.15) is 0 Å². The van der Waals surface area contributed by atoms with E-state index in [1.54, 1.807) is 0 Å². The van der Waals surface area contributed by atoms with Crippen LogP contribution in [0, 0.1) is 13.8 Å². The van der Waals surface area contributed by atoms with Gasteiger partial charge in [0, 0.05) is 12.8 Å². The molecule has 0 bridgehead atoms. The average molecular weight is 320 g/mol. The molecule has 0 spiro atoms. The number of allylic oxidation sites excluding steroid dienone is 1. The lowest BCUT2D eigenvalue weighted by molar-refractivity contribution is -0.137. The minimum atomic E-state index is -0.680. The number of carboxylic acids is 1. The van der Waals surface area contributed by atoms with Gasteiger partial charge in [0.25, 0.3) is 0 Å². The first-order chi connectivity index (χ1) is 11.1. The normalized spacial score (nSPS) is 11.4. The van der Waals surface area contributed by atoms with Crippen molar-refractivity contribution in [2.45, 2.75) is 85.0 Å². The standard InChI is InChI=1S/C20H32O3/c1-4-13-18-16(2)17(3)19(23-18)14-11-9-7-5-6-8-10-12-15-20(21)22/h11,14H,4-10,12-13,15H2,1-3H3,(H,21,22). The molecule has 3 nitrogen and oxygen atoms in total. The highest BCUT2D eigenvalue weighted by atomic mass is 16.4. The molecule has 0 saturated carbocycles. The van der Waals surface area contributed by atoms with Crippen molar-refractivity contribution in [1.82, 2.24) is 0 Å². The highest BCUT2D eigenvalue weighted by Gasteiger charge is 2.10. The molecular formula is C20H32O3. The Balaban J connectivity index is 2.17. The molecule has 0 aromatic carbocycles. The summed E-state index contributed by atoms with van der Waals surface area (Å²) < 4.78 is 5.94. The lowest BCUT2D eigenvalue weighted by Gasteiger charge is -1.99. The number of carbonyl (C=O) groups is 1. The SMILES string of the molecule is CCCc1oc(C=CCCCCCCCCC(=O)O)c(C)c1C. The van der Waals surface area contributed by atoms with Crippen molar-refractivity contribution in [2.24, 2.45) is 0 Å². The Hall–Kier alpha value is -1.51. The van der Waals surface area contributed by atoms with Crippen LogP contribution < -0.4 is 0 Å². The fourth-order valence-corrected chi connectivity index (χ4v) is 2.74. The monoisotopic (exact) mass is 320 g/mol. The van der Waals surface area contributed by atoms with Gasteiger partial charge in [-0.25, -0.2) is 0 Å². The number of rotatable bonds is 12. The van der Waals surface area contributed by atoms with Gasteiger partial charge in [0.2, 0.25) is 0 Å². The van der Waals surface area contributed by atoms with Crippen LogP contribution in [0.3, 0.4) is 0 Å². The van der Waals surface area contributed by atoms with Crippen molar-refractivity contribution in [3.8, 4) is 0 Å². The Bertz CT molecular complexity index is 497. The number of hydrogen-bond acceptors (Lipinski definition) is 2. The van der Waals surface area contributed by atoms with E-state index in [-0.39, 0.29) is 0 Å². The van der Waals surface area contributed by atoms with Crippen molar-refractivity contribution in [1.29, 1.82) is 0 Å². The van der Waals surface area contributed by atoms with Crippen LogP contribution in [0.15, 0.2) is 10.5 Å². The van der Waals surface area contributed by atoms with Gasteiger partial charge in [-0.1, -0.05) is 38.7 Å². The van der Waals surface area contributed by atoms with E-state index in [2.05, 4.69) is 32.9 Å². The maximum atomic E-state index is 10.4. The Kier molecular flexibility index (Phi) is 9.42. The number of unbranched alkanes of at least 4 members (excludes halogenated alkanes) is 6. The topological polar surface area (TPSA) is 50.4 Å². The first-order valence-corrected chi connectivity index (χ1v) is 9.03. The molecule has 3 heteroatoms. The summed E-state index contributed by atoms with van der Waals surface area (Å²) in [5, 5.41) is 8.56. The molecule has 0 aliphatic carbocycles. The van der Waals surface area contributed by atoms with Gasteiger partial charge in [0.05, 0.1) is 0 Å². The summed E-state index contributed by atoms with van der Waals surface area (Å²) in [6.45, 7) is 6.45. The van der Waals surface area contributed by atoms with E-state index < -0.39 is 5.97 Å². The molecule has 0 amide bonds. The first kappa shape index (κ1) is 19.5. The van der Waals surface area contributed by atoms with Crippen molar-refractivity contribution < 1.29 is 14.3 Å². The maximum Gasteiger partial charge on any atom is 0.303 e. The van der Waals surface area contributed by atoms with Gasteiger partial charge in [0.15, 0.2) is 0 Å². The average Bonchev–Trinajstić information content (AvgIpc) is 2.77. The van der Waals surface area contributed by atoms with Gasteiger partial charge in [-0.15, -0.1) is 0 Å². The molecule has 0 atom stereocenters. The molecule has 0 unspecified atom stereocenters. The van der Waals surface area contributed by atoms with E-state index in [0.717, 1.165) is 50.0 Å². The molecule has 1 aromatic rings. The van der Waals surface area contributed by atoms with Crippen LogP contribution >= 0.6 is 0 Å². The third-order valence-corrected chi connectivity index (χ3v) is 4.34. The molecule has 1 N–H and O–H groups in total.